The van der Waals surface area contributed by atoms with Crippen LogP contribution in [0.5, 0.6) is 0 Å². The molecule has 5 rings (SSSR count). The van der Waals surface area contributed by atoms with Crippen molar-refractivity contribution in [3.8, 4) is 22.6 Å². The van der Waals surface area contributed by atoms with Crippen molar-refractivity contribution in [1.82, 2.24) is 20.2 Å². The molecule has 1 aromatic heterocycles. The number of carbonyl (C=O) groups is 1. The maximum atomic E-state index is 12.3. The molecule has 35 heavy (non-hydrogen) atoms. The number of aromatic nitrogens is 2. The van der Waals surface area contributed by atoms with E-state index in [0.29, 0.717) is 23.9 Å². The molecule has 4 N–H and O–H groups in total. The quantitative estimate of drug-likeness (QED) is 0.301. The molecular formula is C27H26ClN5O2. The SMILES string of the molecule is O=C(NCCO)N1CCc2c(cccc2Nc2ccc(Cl)c(-c3ncc(-c4ccccc4)[nH]3)c2)C1. The molecule has 0 spiro atoms. The first-order valence-electron chi connectivity index (χ1n) is 11.5. The van der Waals surface area contributed by atoms with Crippen LogP contribution in [0.15, 0.2) is 72.9 Å². The number of nitrogens with one attached hydrogen (secondary N) is 3. The number of fused-ring (bicyclic) bond motifs is 1. The number of carbonyl (C=O) groups excluding carboxylic acids is 1. The van der Waals surface area contributed by atoms with Crippen molar-refractivity contribution in [1.29, 1.82) is 0 Å². The average Bonchev–Trinajstić information content (AvgIpc) is 3.39. The van der Waals surface area contributed by atoms with Gasteiger partial charge in [-0.1, -0.05) is 54.1 Å². The minimum atomic E-state index is -0.154. The van der Waals surface area contributed by atoms with Crippen molar-refractivity contribution in [2.24, 2.45) is 0 Å². The molecule has 0 saturated carbocycles. The van der Waals surface area contributed by atoms with Gasteiger partial charge in [-0.05, 0) is 47.4 Å². The Bertz CT molecular complexity index is 1340. The van der Waals surface area contributed by atoms with E-state index in [4.69, 9.17) is 16.7 Å². The van der Waals surface area contributed by atoms with Crippen LogP contribution in [-0.2, 0) is 13.0 Å². The molecule has 0 aliphatic carbocycles. The molecule has 8 heteroatoms. The molecule has 4 aromatic rings. The van der Waals surface area contributed by atoms with Gasteiger partial charge in [-0.3, -0.25) is 0 Å². The average molecular weight is 488 g/mol. The molecule has 178 valence electrons. The maximum absolute atomic E-state index is 12.3. The lowest BCUT2D eigenvalue weighted by molar-refractivity contribution is 0.188. The number of amides is 2. The van der Waals surface area contributed by atoms with Gasteiger partial charge >= 0.3 is 6.03 Å². The largest absolute Gasteiger partial charge is 0.395 e. The summed E-state index contributed by atoms with van der Waals surface area (Å²) < 4.78 is 0. The number of aliphatic hydroxyl groups excluding tert-OH is 1. The molecule has 0 fully saturated rings. The van der Waals surface area contributed by atoms with Crippen LogP contribution < -0.4 is 10.6 Å². The van der Waals surface area contributed by atoms with Crippen molar-refractivity contribution in [2.45, 2.75) is 13.0 Å². The van der Waals surface area contributed by atoms with Gasteiger partial charge in [0, 0.05) is 36.6 Å². The normalized spacial score (nSPS) is 12.8. The molecule has 2 amide bonds. The number of aliphatic hydroxyl groups is 1. The first kappa shape index (κ1) is 23.0. The van der Waals surface area contributed by atoms with Crippen molar-refractivity contribution < 1.29 is 9.90 Å². The van der Waals surface area contributed by atoms with Crippen LogP contribution in [0.2, 0.25) is 5.02 Å². The fraction of sp³-hybridized carbons (Fsp3) is 0.185. The Morgan fingerprint density at radius 3 is 2.80 bits per heavy atom. The molecule has 7 nitrogen and oxygen atoms in total. The second-order valence-electron chi connectivity index (χ2n) is 8.40. The number of hydrogen-bond acceptors (Lipinski definition) is 4. The highest BCUT2D eigenvalue weighted by molar-refractivity contribution is 6.33. The summed E-state index contributed by atoms with van der Waals surface area (Å²) in [4.78, 5) is 22.0. The van der Waals surface area contributed by atoms with Crippen LogP contribution in [0.3, 0.4) is 0 Å². The molecule has 1 aliphatic heterocycles. The third-order valence-electron chi connectivity index (χ3n) is 6.10. The predicted octanol–water partition coefficient (Wildman–Crippen LogP) is 5.20. The summed E-state index contributed by atoms with van der Waals surface area (Å²) in [5.41, 5.74) is 7.02. The van der Waals surface area contributed by atoms with Crippen LogP contribution in [0.4, 0.5) is 16.2 Å². The molecule has 0 radical (unpaired) electrons. The second kappa shape index (κ2) is 10.2. The topological polar surface area (TPSA) is 93.3 Å². The highest BCUT2D eigenvalue weighted by atomic mass is 35.5. The lowest BCUT2D eigenvalue weighted by atomic mass is 9.97. The van der Waals surface area contributed by atoms with E-state index in [1.165, 1.54) is 5.56 Å². The third kappa shape index (κ3) is 5.01. The van der Waals surface area contributed by atoms with E-state index in [9.17, 15) is 4.79 Å². The minimum absolute atomic E-state index is 0.0705. The van der Waals surface area contributed by atoms with Gasteiger partial charge < -0.3 is 25.6 Å². The van der Waals surface area contributed by atoms with Crippen molar-refractivity contribution >= 4 is 29.0 Å². The summed E-state index contributed by atoms with van der Waals surface area (Å²) in [5.74, 6) is 0.706. The Labute approximate surface area is 208 Å². The number of halogens is 1. The zero-order valence-electron chi connectivity index (χ0n) is 19.1. The fourth-order valence-electron chi connectivity index (χ4n) is 4.34. The summed E-state index contributed by atoms with van der Waals surface area (Å²) in [6, 6.07) is 21.8. The van der Waals surface area contributed by atoms with Crippen LogP contribution in [0.1, 0.15) is 11.1 Å². The Balaban J connectivity index is 1.37. The monoisotopic (exact) mass is 487 g/mol. The van der Waals surface area contributed by atoms with E-state index in [1.54, 1.807) is 4.90 Å². The highest BCUT2D eigenvalue weighted by Gasteiger charge is 2.22. The van der Waals surface area contributed by atoms with Crippen molar-refractivity contribution in [2.75, 3.05) is 25.0 Å². The van der Waals surface area contributed by atoms with Crippen LogP contribution in [0.25, 0.3) is 22.6 Å². The number of imidazole rings is 1. The van der Waals surface area contributed by atoms with Gasteiger partial charge in [0.15, 0.2) is 0 Å². The summed E-state index contributed by atoms with van der Waals surface area (Å²) in [7, 11) is 0. The van der Waals surface area contributed by atoms with Gasteiger partial charge in [-0.25, -0.2) is 9.78 Å². The fourth-order valence-corrected chi connectivity index (χ4v) is 4.54. The van der Waals surface area contributed by atoms with Gasteiger partial charge in [-0.2, -0.15) is 0 Å². The maximum Gasteiger partial charge on any atom is 0.317 e. The van der Waals surface area contributed by atoms with Gasteiger partial charge in [0.2, 0.25) is 0 Å². The summed E-state index contributed by atoms with van der Waals surface area (Å²) in [5, 5.41) is 15.8. The van der Waals surface area contributed by atoms with E-state index in [2.05, 4.69) is 26.7 Å². The number of hydrogen-bond donors (Lipinski definition) is 4. The van der Waals surface area contributed by atoms with Crippen LogP contribution in [-0.4, -0.2) is 45.7 Å². The van der Waals surface area contributed by atoms with Gasteiger partial charge in [0.1, 0.15) is 5.82 Å². The number of nitrogens with zero attached hydrogens (tertiary/aromatic N) is 2. The zero-order chi connectivity index (χ0) is 24.2. The molecule has 0 bridgehead atoms. The van der Waals surface area contributed by atoms with E-state index in [-0.39, 0.29) is 19.2 Å². The predicted molar refractivity (Wildman–Crippen MR) is 139 cm³/mol. The third-order valence-corrected chi connectivity index (χ3v) is 6.43. The Kier molecular flexibility index (Phi) is 6.70. The number of aromatic amines is 1. The Morgan fingerprint density at radius 2 is 1.97 bits per heavy atom. The number of benzene rings is 3. The Hall–Kier alpha value is -3.81. The summed E-state index contributed by atoms with van der Waals surface area (Å²) >= 11 is 6.54. The second-order valence-corrected chi connectivity index (χ2v) is 8.81. The lowest BCUT2D eigenvalue weighted by Gasteiger charge is -2.30. The van der Waals surface area contributed by atoms with E-state index in [0.717, 1.165) is 40.2 Å². The first-order valence-corrected chi connectivity index (χ1v) is 11.9. The molecule has 3 aromatic carbocycles. The van der Waals surface area contributed by atoms with Crippen LogP contribution >= 0.6 is 11.6 Å². The molecule has 0 unspecified atom stereocenters. The van der Waals surface area contributed by atoms with Crippen molar-refractivity contribution in [3.63, 3.8) is 0 Å². The number of rotatable bonds is 6. The molecule has 1 aliphatic rings. The molecule has 0 atom stereocenters. The van der Waals surface area contributed by atoms with Gasteiger partial charge in [0.05, 0.1) is 23.5 Å². The van der Waals surface area contributed by atoms with Gasteiger partial charge in [0.25, 0.3) is 0 Å². The summed E-state index contributed by atoms with van der Waals surface area (Å²) in [6.07, 6.45) is 2.56. The standard InChI is InChI=1S/C27H26ClN5O2/c28-23-10-9-20(15-22(23)26-30-16-25(32-26)18-5-2-1-3-6-18)31-24-8-4-7-19-17-33(13-11-21(19)24)27(35)29-12-14-34/h1-10,15-16,31,34H,11-14,17H2,(H,29,35)(H,30,32). The van der Waals surface area contributed by atoms with Gasteiger partial charge in [-0.15, -0.1) is 0 Å². The first-order chi connectivity index (χ1) is 17.1. The number of H-pyrrole nitrogens is 1. The van der Waals surface area contributed by atoms with E-state index >= 15 is 0 Å². The van der Waals surface area contributed by atoms with E-state index in [1.807, 2.05) is 66.9 Å². The number of urea groups is 1. The molecule has 0 saturated heterocycles. The summed E-state index contributed by atoms with van der Waals surface area (Å²) in [6.45, 7) is 1.33. The molecular weight excluding hydrogens is 462 g/mol. The minimum Gasteiger partial charge on any atom is -0.395 e. The lowest BCUT2D eigenvalue weighted by Crippen LogP contribution is -2.43. The smallest absolute Gasteiger partial charge is 0.317 e. The van der Waals surface area contributed by atoms with Crippen molar-refractivity contribution in [3.05, 3.63) is 89.1 Å². The Morgan fingerprint density at radius 1 is 1.11 bits per heavy atom. The highest BCUT2D eigenvalue weighted by Crippen LogP contribution is 2.33. The molecule has 2 heterocycles. The van der Waals surface area contributed by atoms with E-state index < -0.39 is 0 Å². The zero-order valence-corrected chi connectivity index (χ0v) is 19.8. The number of anilines is 2. The van der Waals surface area contributed by atoms with Crippen LogP contribution in [0, 0.1) is 0 Å².